The average molecular weight is 191 g/mol. The molecule has 0 aromatic carbocycles. The Balaban J connectivity index is 2.42. The summed E-state index contributed by atoms with van der Waals surface area (Å²) >= 11 is 0. The van der Waals surface area contributed by atoms with Crippen LogP contribution in [0.4, 0.5) is 8.78 Å². The molecule has 1 rings (SSSR count). The Morgan fingerprint density at radius 3 is 2.38 bits per heavy atom. The van der Waals surface area contributed by atoms with E-state index in [1.807, 2.05) is 7.05 Å². The number of alkyl halides is 2. The second kappa shape index (κ2) is 4.36. The molecule has 0 amide bonds. The first kappa shape index (κ1) is 10.9. The van der Waals surface area contributed by atoms with Crippen molar-refractivity contribution in [3.63, 3.8) is 0 Å². The van der Waals surface area contributed by atoms with Gasteiger partial charge in [0.2, 0.25) is 6.43 Å². The molecule has 0 aliphatic carbocycles. The molecule has 1 fully saturated rings. The Kier molecular flexibility index (Phi) is 3.65. The van der Waals surface area contributed by atoms with Crippen LogP contribution in [0, 0.1) is 11.8 Å². The highest BCUT2D eigenvalue weighted by molar-refractivity contribution is 4.84. The summed E-state index contributed by atoms with van der Waals surface area (Å²) in [6, 6.07) is 0.374. The van der Waals surface area contributed by atoms with Gasteiger partial charge in [-0.05, 0) is 25.8 Å². The van der Waals surface area contributed by atoms with Gasteiger partial charge in [-0.1, -0.05) is 13.8 Å². The third kappa shape index (κ3) is 2.90. The third-order valence-electron chi connectivity index (χ3n) is 2.82. The summed E-state index contributed by atoms with van der Waals surface area (Å²) < 4.78 is 24.8. The van der Waals surface area contributed by atoms with E-state index >= 15 is 0 Å². The van der Waals surface area contributed by atoms with E-state index in [0.29, 0.717) is 24.9 Å². The van der Waals surface area contributed by atoms with Crippen LogP contribution in [0.2, 0.25) is 0 Å². The minimum absolute atomic E-state index is 0.374. The average Bonchev–Trinajstić information content (AvgIpc) is 2.31. The smallest absolute Gasteiger partial charge is 0.242 e. The zero-order valence-corrected chi connectivity index (χ0v) is 8.63. The second-order valence-electron chi connectivity index (χ2n) is 4.55. The first-order chi connectivity index (χ1) is 6.00. The van der Waals surface area contributed by atoms with Gasteiger partial charge in [0.15, 0.2) is 0 Å². The Bertz CT molecular complexity index is 159. The van der Waals surface area contributed by atoms with Gasteiger partial charge in [-0.25, -0.2) is 8.78 Å². The zero-order chi connectivity index (χ0) is 10.0. The normalized spacial score (nSPS) is 30.7. The summed E-state index contributed by atoms with van der Waals surface area (Å²) in [5, 5.41) is 0. The van der Waals surface area contributed by atoms with E-state index in [1.165, 1.54) is 0 Å². The number of halogens is 2. The quantitative estimate of drug-likeness (QED) is 0.663. The molecule has 1 nitrogen and oxygen atoms in total. The monoisotopic (exact) mass is 191 g/mol. The maximum absolute atomic E-state index is 12.4. The lowest BCUT2D eigenvalue weighted by Gasteiger charge is -2.20. The molecule has 3 heteroatoms. The van der Waals surface area contributed by atoms with E-state index in [2.05, 4.69) is 18.7 Å². The van der Waals surface area contributed by atoms with Crippen molar-refractivity contribution in [2.45, 2.75) is 39.2 Å². The molecular weight excluding hydrogens is 172 g/mol. The van der Waals surface area contributed by atoms with Crippen molar-refractivity contribution in [3.8, 4) is 0 Å². The highest BCUT2D eigenvalue weighted by Crippen LogP contribution is 2.29. The van der Waals surface area contributed by atoms with Gasteiger partial charge in [-0.15, -0.1) is 0 Å². The van der Waals surface area contributed by atoms with Gasteiger partial charge >= 0.3 is 0 Å². The fraction of sp³-hybridized carbons (Fsp3) is 1.00. The second-order valence-corrected chi connectivity index (χ2v) is 4.55. The van der Waals surface area contributed by atoms with Crippen LogP contribution in [0.5, 0.6) is 0 Å². The standard InChI is InChI=1S/C10H19F2N/c1-7(2)4-9-5-8(10(11)12)6-13(9)3/h7-10H,4-6H2,1-3H3/t8-,9+/m0/s1. The van der Waals surface area contributed by atoms with Crippen molar-refractivity contribution in [1.29, 1.82) is 0 Å². The van der Waals surface area contributed by atoms with Gasteiger partial charge in [0.1, 0.15) is 0 Å². The Morgan fingerprint density at radius 1 is 1.38 bits per heavy atom. The van der Waals surface area contributed by atoms with E-state index in [0.717, 1.165) is 6.42 Å². The van der Waals surface area contributed by atoms with Gasteiger partial charge in [-0.2, -0.15) is 0 Å². The summed E-state index contributed by atoms with van der Waals surface area (Å²) in [6.07, 6.45) is -0.425. The lowest BCUT2D eigenvalue weighted by atomic mass is 9.98. The first-order valence-electron chi connectivity index (χ1n) is 4.99. The zero-order valence-electron chi connectivity index (χ0n) is 8.63. The van der Waals surface area contributed by atoms with E-state index in [-0.39, 0.29) is 0 Å². The minimum atomic E-state index is -2.14. The molecule has 0 spiro atoms. The molecule has 0 N–H and O–H groups in total. The van der Waals surface area contributed by atoms with Gasteiger partial charge in [0.25, 0.3) is 0 Å². The van der Waals surface area contributed by atoms with Crippen molar-refractivity contribution >= 4 is 0 Å². The molecule has 0 saturated carbocycles. The van der Waals surface area contributed by atoms with Crippen molar-refractivity contribution in [3.05, 3.63) is 0 Å². The number of rotatable bonds is 3. The molecule has 1 heterocycles. The van der Waals surface area contributed by atoms with Gasteiger partial charge < -0.3 is 4.90 Å². The van der Waals surface area contributed by atoms with Crippen LogP contribution < -0.4 is 0 Å². The Hall–Kier alpha value is -0.180. The highest BCUT2D eigenvalue weighted by Gasteiger charge is 2.34. The van der Waals surface area contributed by atoms with E-state index in [1.54, 1.807) is 0 Å². The minimum Gasteiger partial charge on any atom is -0.303 e. The molecule has 0 radical (unpaired) electrons. The summed E-state index contributed by atoms with van der Waals surface area (Å²) in [5.41, 5.74) is 0. The van der Waals surface area contributed by atoms with Crippen molar-refractivity contribution in [1.82, 2.24) is 4.90 Å². The fourth-order valence-corrected chi connectivity index (χ4v) is 2.13. The van der Waals surface area contributed by atoms with Crippen LogP contribution in [0.3, 0.4) is 0 Å². The topological polar surface area (TPSA) is 3.24 Å². The molecule has 78 valence electrons. The van der Waals surface area contributed by atoms with Crippen LogP contribution >= 0.6 is 0 Å². The molecule has 0 unspecified atom stereocenters. The molecule has 13 heavy (non-hydrogen) atoms. The summed E-state index contributed by atoms with van der Waals surface area (Å²) in [6.45, 7) is 4.85. The summed E-state index contributed by atoms with van der Waals surface area (Å²) in [7, 11) is 1.95. The first-order valence-corrected chi connectivity index (χ1v) is 4.99. The molecule has 0 aromatic heterocycles. The number of hydrogen-bond acceptors (Lipinski definition) is 1. The molecule has 0 bridgehead atoms. The van der Waals surface area contributed by atoms with Crippen LogP contribution in [-0.2, 0) is 0 Å². The molecule has 1 aliphatic rings. The highest BCUT2D eigenvalue weighted by atomic mass is 19.3. The van der Waals surface area contributed by atoms with Crippen LogP contribution in [-0.4, -0.2) is 31.0 Å². The summed E-state index contributed by atoms with van der Waals surface area (Å²) in [5.74, 6) is 0.206. The lowest BCUT2D eigenvalue weighted by Crippen LogP contribution is -2.26. The van der Waals surface area contributed by atoms with Gasteiger partial charge in [-0.3, -0.25) is 0 Å². The summed E-state index contributed by atoms with van der Waals surface area (Å²) in [4.78, 5) is 2.08. The van der Waals surface area contributed by atoms with Gasteiger partial charge in [0, 0.05) is 18.5 Å². The lowest BCUT2D eigenvalue weighted by molar-refractivity contribution is 0.0821. The SMILES string of the molecule is CC(C)C[C@@H]1C[C@H](C(F)F)CN1C. The molecule has 0 aromatic rings. The third-order valence-corrected chi connectivity index (χ3v) is 2.82. The van der Waals surface area contributed by atoms with Crippen LogP contribution in [0.1, 0.15) is 26.7 Å². The number of hydrogen-bond donors (Lipinski definition) is 0. The Morgan fingerprint density at radius 2 is 2.00 bits per heavy atom. The number of likely N-dealkylation sites (tertiary alicyclic amines) is 1. The maximum Gasteiger partial charge on any atom is 0.242 e. The van der Waals surface area contributed by atoms with Crippen LogP contribution in [0.25, 0.3) is 0 Å². The molecule has 1 aliphatic heterocycles. The molecule has 2 atom stereocenters. The van der Waals surface area contributed by atoms with E-state index < -0.39 is 12.3 Å². The van der Waals surface area contributed by atoms with E-state index in [4.69, 9.17) is 0 Å². The molecular formula is C10H19F2N. The number of nitrogens with zero attached hydrogens (tertiary/aromatic N) is 1. The van der Waals surface area contributed by atoms with Gasteiger partial charge in [0.05, 0.1) is 0 Å². The van der Waals surface area contributed by atoms with Crippen LogP contribution in [0.15, 0.2) is 0 Å². The molecule has 1 saturated heterocycles. The van der Waals surface area contributed by atoms with Crippen molar-refractivity contribution < 1.29 is 8.78 Å². The van der Waals surface area contributed by atoms with Crippen molar-refractivity contribution in [2.75, 3.05) is 13.6 Å². The maximum atomic E-state index is 12.4. The van der Waals surface area contributed by atoms with Crippen molar-refractivity contribution in [2.24, 2.45) is 11.8 Å². The predicted octanol–water partition coefficient (Wildman–Crippen LogP) is 2.62. The fourth-order valence-electron chi connectivity index (χ4n) is 2.13. The van der Waals surface area contributed by atoms with E-state index in [9.17, 15) is 8.78 Å². The Labute approximate surface area is 79.1 Å². The predicted molar refractivity (Wildman–Crippen MR) is 50.0 cm³/mol. The largest absolute Gasteiger partial charge is 0.303 e.